The molecule has 24 heavy (non-hydrogen) atoms. The van der Waals surface area contributed by atoms with E-state index < -0.39 is 11.5 Å². The number of para-hydroxylation sites is 1. The maximum Gasteiger partial charge on any atom is 0.349 e. The van der Waals surface area contributed by atoms with Crippen LogP contribution in [0.15, 0.2) is 63.8 Å². The van der Waals surface area contributed by atoms with E-state index in [0.717, 1.165) is 5.56 Å². The number of benzene rings is 2. The van der Waals surface area contributed by atoms with Gasteiger partial charge in [-0.1, -0.05) is 42.5 Å². The first-order valence-corrected chi connectivity index (χ1v) is 7.57. The molecule has 3 rings (SSSR count). The summed E-state index contributed by atoms with van der Waals surface area (Å²) in [5.74, 6) is -0.0148. The quantitative estimate of drug-likeness (QED) is 0.748. The zero-order valence-electron chi connectivity index (χ0n) is 13.4. The highest BCUT2D eigenvalue weighted by molar-refractivity contribution is 5.97. The zero-order chi connectivity index (χ0) is 17.1. The molecule has 0 fully saturated rings. The fourth-order valence-electron chi connectivity index (χ4n) is 2.54. The van der Waals surface area contributed by atoms with Crippen molar-refractivity contribution >= 4 is 16.9 Å². The standard InChI is InChI=1S/C19H17NO4/c1-12(13-7-4-3-5-8-13)20-18(21)15-11-14-9-6-10-16(23-2)17(14)24-19(15)22/h3-12H,1-2H3,(H,20,21)/t12-/m0/s1. The van der Waals surface area contributed by atoms with Crippen molar-refractivity contribution in [2.75, 3.05) is 7.11 Å². The SMILES string of the molecule is COc1cccc2cc(C(=O)N[C@@H](C)c3ccccc3)c(=O)oc12. The number of hydrogen-bond acceptors (Lipinski definition) is 4. The van der Waals surface area contributed by atoms with Crippen LogP contribution in [-0.4, -0.2) is 13.0 Å². The average molecular weight is 323 g/mol. The Kier molecular flexibility index (Phi) is 4.33. The number of methoxy groups -OCH3 is 1. The summed E-state index contributed by atoms with van der Waals surface area (Å²) in [4.78, 5) is 24.6. The smallest absolute Gasteiger partial charge is 0.349 e. The lowest BCUT2D eigenvalue weighted by atomic mass is 10.1. The van der Waals surface area contributed by atoms with E-state index in [1.165, 1.54) is 13.2 Å². The molecule has 1 heterocycles. The second-order valence-corrected chi connectivity index (χ2v) is 5.43. The van der Waals surface area contributed by atoms with Crippen molar-refractivity contribution < 1.29 is 13.9 Å². The van der Waals surface area contributed by atoms with Crippen molar-refractivity contribution in [3.63, 3.8) is 0 Å². The van der Waals surface area contributed by atoms with E-state index in [9.17, 15) is 9.59 Å². The molecular formula is C19H17NO4. The highest BCUT2D eigenvalue weighted by Gasteiger charge is 2.17. The van der Waals surface area contributed by atoms with Crippen molar-refractivity contribution in [2.45, 2.75) is 13.0 Å². The van der Waals surface area contributed by atoms with Gasteiger partial charge in [-0.2, -0.15) is 0 Å². The Balaban J connectivity index is 1.93. The van der Waals surface area contributed by atoms with Crippen LogP contribution in [0.1, 0.15) is 28.9 Å². The predicted octanol–water partition coefficient (Wildman–Crippen LogP) is 3.29. The van der Waals surface area contributed by atoms with Crippen molar-refractivity contribution in [2.24, 2.45) is 0 Å². The third kappa shape index (κ3) is 3.01. The van der Waals surface area contributed by atoms with E-state index in [1.54, 1.807) is 18.2 Å². The maximum atomic E-state index is 12.4. The monoisotopic (exact) mass is 323 g/mol. The summed E-state index contributed by atoms with van der Waals surface area (Å²) < 4.78 is 10.5. The summed E-state index contributed by atoms with van der Waals surface area (Å²) in [5, 5.41) is 3.45. The Morgan fingerprint density at radius 1 is 1.12 bits per heavy atom. The number of carbonyl (C=O) groups excluding carboxylic acids is 1. The lowest BCUT2D eigenvalue weighted by Gasteiger charge is -2.14. The van der Waals surface area contributed by atoms with Gasteiger partial charge in [-0.05, 0) is 24.6 Å². The third-order valence-electron chi connectivity index (χ3n) is 3.84. The maximum absolute atomic E-state index is 12.4. The van der Waals surface area contributed by atoms with Gasteiger partial charge in [0.05, 0.1) is 13.2 Å². The first kappa shape index (κ1) is 15.8. The molecule has 0 saturated heterocycles. The molecule has 0 bridgehead atoms. The number of rotatable bonds is 4. The average Bonchev–Trinajstić information content (AvgIpc) is 2.61. The van der Waals surface area contributed by atoms with Gasteiger partial charge in [0, 0.05) is 5.39 Å². The number of hydrogen-bond donors (Lipinski definition) is 1. The molecule has 2 aromatic carbocycles. The van der Waals surface area contributed by atoms with Crippen molar-refractivity contribution in [3.05, 3.63) is 76.1 Å². The van der Waals surface area contributed by atoms with Gasteiger partial charge in [-0.3, -0.25) is 4.79 Å². The van der Waals surface area contributed by atoms with E-state index in [-0.39, 0.29) is 11.6 Å². The van der Waals surface area contributed by atoms with Gasteiger partial charge in [-0.25, -0.2) is 4.79 Å². The molecule has 1 atom stereocenters. The fraction of sp³-hybridized carbons (Fsp3) is 0.158. The third-order valence-corrected chi connectivity index (χ3v) is 3.84. The molecule has 1 amide bonds. The number of amides is 1. The number of nitrogens with one attached hydrogen (secondary N) is 1. The van der Waals surface area contributed by atoms with Gasteiger partial charge >= 0.3 is 5.63 Å². The van der Waals surface area contributed by atoms with Crippen LogP contribution in [0.3, 0.4) is 0 Å². The van der Waals surface area contributed by atoms with Gasteiger partial charge in [0.2, 0.25) is 0 Å². The minimum Gasteiger partial charge on any atom is -0.493 e. The second kappa shape index (κ2) is 6.58. The van der Waals surface area contributed by atoms with Crippen molar-refractivity contribution in [1.29, 1.82) is 0 Å². The summed E-state index contributed by atoms with van der Waals surface area (Å²) in [6.45, 7) is 1.86. The van der Waals surface area contributed by atoms with Crippen LogP contribution in [0.5, 0.6) is 5.75 Å². The second-order valence-electron chi connectivity index (χ2n) is 5.43. The summed E-state index contributed by atoms with van der Waals surface area (Å²) in [7, 11) is 1.50. The number of carbonyl (C=O) groups is 1. The molecule has 5 heteroatoms. The lowest BCUT2D eigenvalue weighted by molar-refractivity contribution is 0.0936. The van der Waals surface area contributed by atoms with Crippen LogP contribution in [0.4, 0.5) is 0 Å². The predicted molar refractivity (Wildman–Crippen MR) is 91.4 cm³/mol. The minimum atomic E-state index is -0.690. The summed E-state index contributed by atoms with van der Waals surface area (Å²) in [6.07, 6.45) is 0. The zero-order valence-corrected chi connectivity index (χ0v) is 13.4. The minimum absolute atomic E-state index is 0.0291. The molecular weight excluding hydrogens is 306 g/mol. The largest absolute Gasteiger partial charge is 0.493 e. The van der Waals surface area contributed by atoms with Crippen LogP contribution in [0, 0.1) is 0 Å². The lowest BCUT2D eigenvalue weighted by Crippen LogP contribution is -2.30. The van der Waals surface area contributed by atoms with E-state index in [0.29, 0.717) is 16.7 Å². The van der Waals surface area contributed by atoms with Gasteiger partial charge in [0.25, 0.3) is 5.91 Å². The summed E-state index contributed by atoms with van der Waals surface area (Å²) >= 11 is 0. The summed E-state index contributed by atoms with van der Waals surface area (Å²) in [6, 6.07) is 16.1. The normalized spacial score (nSPS) is 11.9. The van der Waals surface area contributed by atoms with Gasteiger partial charge in [0.1, 0.15) is 5.56 Å². The molecule has 0 saturated carbocycles. The first-order valence-electron chi connectivity index (χ1n) is 7.57. The fourth-order valence-corrected chi connectivity index (χ4v) is 2.54. The molecule has 5 nitrogen and oxygen atoms in total. The Morgan fingerprint density at radius 3 is 2.58 bits per heavy atom. The molecule has 0 spiro atoms. The molecule has 3 aromatic rings. The molecule has 0 aliphatic carbocycles. The van der Waals surface area contributed by atoms with Crippen molar-refractivity contribution in [1.82, 2.24) is 5.32 Å². The molecule has 1 N–H and O–H groups in total. The number of fused-ring (bicyclic) bond motifs is 1. The summed E-state index contributed by atoms with van der Waals surface area (Å²) in [5.41, 5.74) is 0.568. The van der Waals surface area contributed by atoms with E-state index in [1.807, 2.05) is 37.3 Å². The Bertz CT molecular complexity index is 931. The first-order chi connectivity index (χ1) is 11.6. The Hall–Kier alpha value is -3.08. The molecule has 122 valence electrons. The van der Waals surface area contributed by atoms with Gasteiger partial charge in [-0.15, -0.1) is 0 Å². The van der Waals surface area contributed by atoms with Gasteiger partial charge < -0.3 is 14.5 Å². The van der Waals surface area contributed by atoms with Crippen LogP contribution >= 0.6 is 0 Å². The van der Waals surface area contributed by atoms with E-state index >= 15 is 0 Å². The van der Waals surface area contributed by atoms with Gasteiger partial charge in [0.15, 0.2) is 11.3 Å². The van der Waals surface area contributed by atoms with Crippen LogP contribution in [0.25, 0.3) is 11.0 Å². The molecule has 1 aromatic heterocycles. The molecule has 0 aliphatic heterocycles. The van der Waals surface area contributed by atoms with Crippen molar-refractivity contribution in [3.8, 4) is 5.75 Å². The highest BCUT2D eigenvalue weighted by Crippen LogP contribution is 2.24. The molecule has 0 radical (unpaired) electrons. The van der Waals surface area contributed by atoms with Crippen LogP contribution in [0.2, 0.25) is 0 Å². The Labute approximate surface area is 138 Å². The molecule has 0 unspecified atom stereocenters. The highest BCUT2D eigenvalue weighted by atomic mass is 16.5. The topological polar surface area (TPSA) is 68.5 Å². The van der Waals surface area contributed by atoms with Crippen LogP contribution < -0.4 is 15.7 Å². The van der Waals surface area contributed by atoms with Crippen LogP contribution in [-0.2, 0) is 0 Å². The Morgan fingerprint density at radius 2 is 1.88 bits per heavy atom. The van der Waals surface area contributed by atoms with E-state index in [2.05, 4.69) is 5.32 Å². The molecule has 0 aliphatic rings. The van der Waals surface area contributed by atoms with E-state index in [4.69, 9.17) is 9.15 Å². The number of ether oxygens (including phenoxy) is 1.